The first kappa shape index (κ1) is 32.6. The molecular formula is C31H23Cl2F5N6O4. The molecule has 17 heteroatoms. The molecule has 7 rings (SSSR count). The van der Waals surface area contributed by atoms with Gasteiger partial charge in [-0.25, -0.2) is 23.1 Å². The van der Waals surface area contributed by atoms with E-state index < -0.39 is 70.8 Å². The van der Waals surface area contributed by atoms with Crippen molar-refractivity contribution in [2.24, 2.45) is 0 Å². The molecule has 1 unspecified atom stereocenters. The molecule has 3 aromatic carbocycles. The molecule has 2 aromatic heterocycles. The summed E-state index contributed by atoms with van der Waals surface area (Å²) in [6.45, 7) is 1.41. The van der Waals surface area contributed by atoms with Crippen molar-refractivity contribution in [2.75, 3.05) is 6.61 Å². The molecule has 0 aliphatic carbocycles. The third-order valence-electron chi connectivity index (χ3n) is 8.03. The van der Waals surface area contributed by atoms with Gasteiger partial charge < -0.3 is 19.3 Å². The molecule has 10 nitrogen and oxygen atoms in total. The van der Waals surface area contributed by atoms with E-state index in [-0.39, 0.29) is 34.5 Å². The van der Waals surface area contributed by atoms with Crippen molar-refractivity contribution in [3.63, 3.8) is 0 Å². The van der Waals surface area contributed by atoms with Crippen molar-refractivity contribution >= 4 is 23.2 Å². The molecule has 1 N–H and O–H groups in total. The van der Waals surface area contributed by atoms with Crippen molar-refractivity contribution in [1.29, 1.82) is 0 Å². The highest BCUT2D eigenvalue weighted by atomic mass is 35.5. The lowest BCUT2D eigenvalue weighted by Gasteiger charge is -2.47. The van der Waals surface area contributed by atoms with Crippen molar-refractivity contribution in [2.45, 2.75) is 49.8 Å². The van der Waals surface area contributed by atoms with Crippen LogP contribution in [0.5, 0.6) is 0 Å². The Morgan fingerprint density at radius 1 is 0.979 bits per heavy atom. The van der Waals surface area contributed by atoms with Crippen molar-refractivity contribution in [3.8, 4) is 16.9 Å². The lowest BCUT2D eigenvalue weighted by atomic mass is 9.91. The Bertz CT molecular complexity index is 1950. The number of aryl methyl sites for hydroxylation is 1. The highest BCUT2D eigenvalue weighted by molar-refractivity contribution is 6.31. The molecule has 2 fully saturated rings. The first-order valence-electron chi connectivity index (χ1n) is 14.4. The van der Waals surface area contributed by atoms with Crippen LogP contribution in [-0.4, -0.2) is 59.8 Å². The third kappa shape index (κ3) is 5.95. The Morgan fingerprint density at radius 2 is 1.71 bits per heavy atom. The number of aliphatic hydroxyl groups is 1. The summed E-state index contributed by atoms with van der Waals surface area (Å²) in [5.74, 6) is -2.11. The number of halogens is 7. The molecule has 5 aromatic rings. The molecule has 4 heterocycles. The molecule has 48 heavy (non-hydrogen) atoms. The Labute approximate surface area is 278 Å². The lowest BCUT2D eigenvalue weighted by Crippen LogP contribution is -2.57. The largest absolute Gasteiger partial charge is 0.418 e. The van der Waals surface area contributed by atoms with Gasteiger partial charge in [-0.1, -0.05) is 58.7 Å². The van der Waals surface area contributed by atoms with Crippen LogP contribution in [0.3, 0.4) is 0 Å². The fourth-order valence-electron chi connectivity index (χ4n) is 5.88. The minimum Gasteiger partial charge on any atom is -0.388 e. The van der Waals surface area contributed by atoms with E-state index in [9.17, 15) is 27.1 Å². The van der Waals surface area contributed by atoms with Crippen LogP contribution in [-0.2, 0) is 20.4 Å². The molecule has 0 saturated carbocycles. The van der Waals surface area contributed by atoms with Gasteiger partial charge in [0.15, 0.2) is 12.1 Å². The summed E-state index contributed by atoms with van der Waals surface area (Å²) >= 11 is 11.8. The van der Waals surface area contributed by atoms with Crippen molar-refractivity contribution in [1.82, 2.24) is 29.8 Å². The van der Waals surface area contributed by atoms with E-state index in [0.717, 1.165) is 35.0 Å². The van der Waals surface area contributed by atoms with E-state index >= 15 is 0 Å². The Morgan fingerprint density at radius 3 is 2.42 bits per heavy atom. The molecule has 0 radical (unpaired) electrons. The number of benzene rings is 3. The molecule has 0 spiro atoms. The summed E-state index contributed by atoms with van der Waals surface area (Å²) in [5, 5.41) is 23.7. The maximum Gasteiger partial charge on any atom is 0.418 e. The van der Waals surface area contributed by atoms with Gasteiger partial charge in [-0.15, -0.1) is 5.10 Å². The first-order chi connectivity index (χ1) is 22.9. The van der Waals surface area contributed by atoms with Crippen LogP contribution in [0.1, 0.15) is 41.2 Å². The average molecular weight is 709 g/mol. The molecule has 2 aliphatic rings. The van der Waals surface area contributed by atoms with E-state index in [1.807, 2.05) is 6.07 Å². The second-order valence-corrected chi connectivity index (χ2v) is 12.0. The van der Waals surface area contributed by atoms with Gasteiger partial charge in [0.05, 0.1) is 24.1 Å². The minimum atomic E-state index is -4.79. The van der Waals surface area contributed by atoms with E-state index in [0.29, 0.717) is 5.56 Å². The van der Waals surface area contributed by atoms with E-state index in [1.165, 1.54) is 17.8 Å². The Balaban J connectivity index is 1.32. The summed E-state index contributed by atoms with van der Waals surface area (Å²) in [6, 6.07) is 12.8. The number of aliphatic hydroxyl groups excluding tert-OH is 1. The molecular weight excluding hydrogens is 686 g/mol. The number of hydrogen-bond acceptors (Lipinski definition) is 8. The Kier molecular flexibility index (Phi) is 8.46. The average Bonchev–Trinajstić information content (AvgIpc) is 3.70. The van der Waals surface area contributed by atoms with Crippen LogP contribution in [0.2, 0.25) is 10.0 Å². The smallest absolute Gasteiger partial charge is 0.388 e. The van der Waals surface area contributed by atoms with Gasteiger partial charge in [-0.05, 0) is 37.3 Å². The zero-order chi connectivity index (χ0) is 33.9. The van der Waals surface area contributed by atoms with Crippen LogP contribution in [0, 0.1) is 18.6 Å². The zero-order valence-corrected chi connectivity index (χ0v) is 26.0. The molecule has 0 bridgehead atoms. The maximum absolute atomic E-state index is 14.3. The number of fused-ring (bicyclic) bond motifs is 1. The van der Waals surface area contributed by atoms with Crippen molar-refractivity contribution in [3.05, 3.63) is 111 Å². The predicted octanol–water partition coefficient (Wildman–Crippen LogP) is 6.59. The van der Waals surface area contributed by atoms with Gasteiger partial charge in [0.1, 0.15) is 58.6 Å². The highest BCUT2D eigenvalue weighted by Gasteiger charge is 2.53. The number of aromatic nitrogens is 6. The second-order valence-electron chi connectivity index (χ2n) is 11.2. The second kappa shape index (κ2) is 12.5. The van der Waals surface area contributed by atoms with E-state index in [1.54, 1.807) is 24.3 Å². The van der Waals surface area contributed by atoms with Crippen LogP contribution in [0.15, 0.2) is 66.9 Å². The SMILES string of the molecule is Cc1nc([C@@H]2O[C@@H]3COC(c4ccccc4)O[C@@H]3[C@H](n3cc(-c4cc(F)c(Cl)c(F)c4)nn3)[C@H]2O)n(-c2cc(Cl)ccc2C(F)(F)F)n1. The van der Waals surface area contributed by atoms with E-state index in [2.05, 4.69) is 20.4 Å². The summed E-state index contributed by atoms with van der Waals surface area (Å²) in [4.78, 5) is 4.36. The molecule has 2 saturated heterocycles. The zero-order valence-electron chi connectivity index (χ0n) is 24.5. The summed E-state index contributed by atoms with van der Waals surface area (Å²) in [5.41, 5.74) is -0.753. The normalized spacial score (nSPS) is 24.4. The molecule has 0 amide bonds. The maximum atomic E-state index is 14.3. The number of hydrogen-bond donors (Lipinski definition) is 1. The monoisotopic (exact) mass is 708 g/mol. The van der Waals surface area contributed by atoms with Gasteiger partial charge in [-0.2, -0.15) is 18.3 Å². The van der Waals surface area contributed by atoms with Gasteiger partial charge in [0, 0.05) is 16.1 Å². The minimum absolute atomic E-state index is 0.00593. The molecule has 6 atom stereocenters. The van der Waals surface area contributed by atoms with Gasteiger partial charge >= 0.3 is 6.18 Å². The number of rotatable bonds is 5. The third-order valence-corrected chi connectivity index (χ3v) is 8.63. The molecule has 250 valence electrons. The van der Waals surface area contributed by atoms with E-state index in [4.69, 9.17) is 37.4 Å². The fourth-order valence-corrected chi connectivity index (χ4v) is 6.16. The Hall–Kier alpha value is -3.99. The van der Waals surface area contributed by atoms with Gasteiger partial charge in [0.25, 0.3) is 0 Å². The predicted molar refractivity (Wildman–Crippen MR) is 159 cm³/mol. The van der Waals surface area contributed by atoms with Crippen molar-refractivity contribution < 1.29 is 41.3 Å². The number of alkyl halides is 3. The lowest BCUT2D eigenvalue weighted by molar-refractivity contribution is -0.319. The molecule has 2 aliphatic heterocycles. The topological polar surface area (TPSA) is 109 Å². The van der Waals surface area contributed by atoms with Gasteiger partial charge in [-0.3, -0.25) is 0 Å². The van der Waals surface area contributed by atoms with Crippen LogP contribution < -0.4 is 0 Å². The quantitative estimate of drug-likeness (QED) is 0.161. The van der Waals surface area contributed by atoms with Gasteiger partial charge in [0.2, 0.25) is 0 Å². The summed E-state index contributed by atoms with van der Waals surface area (Å²) in [7, 11) is 0. The van der Waals surface area contributed by atoms with Crippen LogP contribution >= 0.6 is 23.2 Å². The van der Waals surface area contributed by atoms with Crippen LogP contribution in [0.4, 0.5) is 22.0 Å². The fraction of sp³-hybridized carbons (Fsp3) is 0.290. The number of ether oxygens (including phenoxy) is 3. The van der Waals surface area contributed by atoms with Crippen LogP contribution in [0.25, 0.3) is 16.9 Å². The first-order valence-corrected chi connectivity index (χ1v) is 15.2. The standard InChI is InChI=1S/C31H23Cl2F5N6O4/c1-14-39-29(44(41-14)22-11-17(32)7-8-18(22)31(36,37)38)28-26(45)25(27-23(47-28)13-46-30(48-27)15-5-3-2-4-6-15)43-12-21(40-42-43)16-9-19(34)24(33)20(35)10-16/h2-12,23,25-28,30,45H,13H2,1H3/t23-,25-,26-,27+,28-,30?/m1/s1. The summed E-state index contributed by atoms with van der Waals surface area (Å²) < 4.78 is 91.8. The number of nitrogens with zero attached hydrogens (tertiary/aromatic N) is 6. The highest BCUT2D eigenvalue weighted by Crippen LogP contribution is 2.45. The summed E-state index contributed by atoms with van der Waals surface area (Å²) in [6.07, 6.45) is -9.18.